The van der Waals surface area contributed by atoms with E-state index in [1.54, 1.807) is 36.4 Å². The lowest BCUT2D eigenvalue weighted by atomic mass is 10.1. The highest BCUT2D eigenvalue weighted by atomic mass is 35.5. The summed E-state index contributed by atoms with van der Waals surface area (Å²) in [6.07, 6.45) is 3.55. The third-order valence-electron chi connectivity index (χ3n) is 6.63. The Morgan fingerprint density at radius 1 is 0.763 bits per heavy atom. The molecule has 6 aromatic rings. The summed E-state index contributed by atoms with van der Waals surface area (Å²) in [5.41, 5.74) is 3.24. The zero-order valence-corrected chi connectivity index (χ0v) is 21.0. The first-order valence-electron chi connectivity index (χ1n) is 11.8. The maximum absolute atomic E-state index is 12.6. The number of aromatic hydroxyl groups is 1. The molecule has 6 nitrogen and oxygen atoms in total. The van der Waals surface area contributed by atoms with E-state index in [0.717, 1.165) is 21.7 Å². The number of nitrogens with zero attached hydrogens (tertiary/aromatic N) is 3. The fourth-order valence-electron chi connectivity index (χ4n) is 4.82. The number of amides is 1. The quantitative estimate of drug-likeness (QED) is 0.329. The molecule has 1 aliphatic heterocycles. The second kappa shape index (κ2) is 8.52. The van der Waals surface area contributed by atoms with Crippen molar-refractivity contribution in [2.24, 2.45) is 4.99 Å². The van der Waals surface area contributed by atoms with Crippen LogP contribution in [0.4, 0.5) is 0 Å². The number of H-pyrrole nitrogens is 1. The molecule has 4 heterocycles. The number of carbonyl (C=O) groups is 1. The average Bonchev–Trinajstić information content (AvgIpc) is 3.38. The summed E-state index contributed by atoms with van der Waals surface area (Å²) in [6, 6.07) is 22.2. The highest BCUT2D eigenvalue weighted by molar-refractivity contribution is 6.31. The maximum atomic E-state index is 12.6. The van der Waals surface area contributed by atoms with Gasteiger partial charge in [-0.25, -0.2) is 15.0 Å². The van der Waals surface area contributed by atoms with Gasteiger partial charge in [0.15, 0.2) is 5.88 Å². The number of halogens is 2. The molecule has 0 spiro atoms. The summed E-state index contributed by atoms with van der Waals surface area (Å²) in [6.45, 7) is 0. The minimum Gasteiger partial charge on any atom is -0.494 e. The van der Waals surface area contributed by atoms with Crippen molar-refractivity contribution in [2.75, 3.05) is 0 Å². The van der Waals surface area contributed by atoms with E-state index in [-0.39, 0.29) is 11.8 Å². The van der Waals surface area contributed by atoms with E-state index in [4.69, 9.17) is 33.2 Å². The standard InChI is InChI=1S/C30H16Cl2N4O2/c31-17-5-9-25-21(11-17)23(29(37)35-25)13-19-7-3-15-1-2-16-4-8-20(34-28(16)27(15)33-19)14-24-22-12-18(32)6-10-26(22)36-30(24)38/h1-14,35,37H/b19-13+,20-14+. The molecule has 38 heavy (non-hydrogen) atoms. The smallest absolute Gasteiger partial charge is 0.278 e. The second-order valence-corrected chi connectivity index (χ2v) is 9.91. The summed E-state index contributed by atoms with van der Waals surface area (Å²) in [5, 5.41) is 16.8. The number of nitrogens with one attached hydrogen (secondary N) is 1. The number of fused-ring (bicyclic) bond motifs is 5. The van der Waals surface area contributed by atoms with Crippen molar-refractivity contribution in [3.05, 3.63) is 110 Å². The highest BCUT2D eigenvalue weighted by Crippen LogP contribution is 2.30. The Hall–Kier alpha value is -4.52. The fraction of sp³-hybridized carbons (Fsp3) is 0. The molecular formula is C30H16Cl2N4O2. The van der Waals surface area contributed by atoms with Crippen LogP contribution in [-0.2, 0) is 4.79 Å². The van der Waals surface area contributed by atoms with Crippen LogP contribution in [0.5, 0.6) is 5.88 Å². The predicted octanol–water partition coefficient (Wildman–Crippen LogP) is 3.90. The van der Waals surface area contributed by atoms with Gasteiger partial charge >= 0.3 is 0 Å². The lowest BCUT2D eigenvalue weighted by Gasteiger charge is -2.03. The van der Waals surface area contributed by atoms with Gasteiger partial charge < -0.3 is 10.1 Å². The molecule has 2 N–H and O–H groups in total. The summed E-state index contributed by atoms with van der Waals surface area (Å²) in [7, 11) is 0. The fourth-order valence-corrected chi connectivity index (χ4v) is 5.16. The van der Waals surface area contributed by atoms with Crippen LogP contribution < -0.4 is 21.3 Å². The van der Waals surface area contributed by atoms with Gasteiger partial charge in [-0.1, -0.05) is 47.5 Å². The van der Waals surface area contributed by atoms with E-state index in [9.17, 15) is 9.90 Å². The molecule has 0 saturated carbocycles. The van der Waals surface area contributed by atoms with Crippen molar-refractivity contribution in [2.45, 2.75) is 0 Å². The second-order valence-electron chi connectivity index (χ2n) is 9.04. The number of hydrogen-bond donors (Lipinski definition) is 2. The molecule has 0 unspecified atom stereocenters. The van der Waals surface area contributed by atoms with Crippen LogP contribution in [0.3, 0.4) is 0 Å². The Kier molecular flexibility index (Phi) is 5.08. The molecule has 7 rings (SSSR count). The van der Waals surface area contributed by atoms with Gasteiger partial charge in [0.1, 0.15) is 0 Å². The Morgan fingerprint density at radius 3 is 2.13 bits per heavy atom. The summed E-state index contributed by atoms with van der Waals surface area (Å²) < 4.78 is 0. The Bertz CT molecular complexity index is 2260. The number of carbonyl (C=O) groups excluding carboxylic acids is 1. The molecule has 8 heteroatoms. The number of hydrogen-bond acceptors (Lipinski definition) is 4. The Labute approximate surface area is 224 Å². The summed E-state index contributed by atoms with van der Waals surface area (Å²) in [4.78, 5) is 29.4. The third kappa shape index (κ3) is 3.74. The van der Waals surface area contributed by atoms with Crippen molar-refractivity contribution in [3.8, 4) is 5.88 Å². The van der Waals surface area contributed by atoms with Gasteiger partial charge in [0, 0.05) is 42.5 Å². The van der Waals surface area contributed by atoms with Gasteiger partial charge in [-0.05, 0) is 60.7 Å². The molecule has 0 bridgehead atoms. The molecule has 0 fully saturated rings. The molecule has 1 amide bonds. The molecule has 3 aromatic heterocycles. The van der Waals surface area contributed by atoms with Gasteiger partial charge in [0.05, 0.1) is 32.7 Å². The van der Waals surface area contributed by atoms with E-state index in [1.165, 1.54) is 0 Å². The van der Waals surface area contributed by atoms with Crippen LogP contribution in [0.1, 0.15) is 5.56 Å². The molecule has 0 radical (unpaired) electrons. The zero-order valence-electron chi connectivity index (χ0n) is 19.5. The number of benzene rings is 3. The molecule has 1 aliphatic rings. The van der Waals surface area contributed by atoms with E-state index in [2.05, 4.69) is 9.98 Å². The van der Waals surface area contributed by atoms with Crippen molar-refractivity contribution >= 4 is 79.5 Å². The average molecular weight is 535 g/mol. The first-order valence-corrected chi connectivity index (χ1v) is 12.5. The molecule has 0 aliphatic carbocycles. The minimum atomic E-state index is -0.323. The van der Waals surface area contributed by atoms with Gasteiger partial charge in [-0.3, -0.25) is 4.79 Å². The van der Waals surface area contributed by atoms with Gasteiger partial charge in [0.2, 0.25) is 0 Å². The minimum absolute atomic E-state index is 0.0427. The Balaban J connectivity index is 1.45. The molecule has 0 atom stereocenters. The van der Waals surface area contributed by atoms with Crippen molar-refractivity contribution in [1.29, 1.82) is 0 Å². The van der Waals surface area contributed by atoms with Crippen molar-refractivity contribution < 1.29 is 9.90 Å². The predicted molar refractivity (Wildman–Crippen MR) is 150 cm³/mol. The summed E-state index contributed by atoms with van der Waals surface area (Å²) >= 11 is 12.4. The first-order chi connectivity index (χ1) is 18.4. The largest absolute Gasteiger partial charge is 0.494 e. The van der Waals surface area contributed by atoms with Gasteiger partial charge in [0.25, 0.3) is 5.91 Å². The van der Waals surface area contributed by atoms with E-state index in [1.807, 2.05) is 48.5 Å². The molecule has 0 saturated heterocycles. The maximum Gasteiger partial charge on any atom is 0.278 e. The van der Waals surface area contributed by atoms with Crippen LogP contribution >= 0.6 is 23.2 Å². The first kappa shape index (κ1) is 22.7. The Morgan fingerprint density at radius 2 is 1.39 bits per heavy atom. The monoisotopic (exact) mass is 534 g/mol. The lowest BCUT2D eigenvalue weighted by Crippen LogP contribution is -2.22. The van der Waals surface area contributed by atoms with Crippen molar-refractivity contribution in [1.82, 2.24) is 15.0 Å². The summed E-state index contributed by atoms with van der Waals surface area (Å²) in [5.74, 6) is -0.281. The lowest BCUT2D eigenvalue weighted by molar-refractivity contribution is -0.112. The van der Waals surface area contributed by atoms with E-state index >= 15 is 0 Å². The van der Waals surface area contributed by atoms with Gasteiger partial charge in [-0.2, -0.15) is 0 Å². The van der Waals surface area contributed by atoms with Crippen LogP contribution in [0, 0.1) is 0 Å². The number of pyridine rings is 2. The third-order valence-corrected chi connectivity index (χ3v) is 7.10. The zero-order chi connectivity index (χ0) is 26.0. The van der Waals surface area contributed by atoms with Crippen LogP contribution in [0.15, 0.2) is 77.8 Å². The topological polar surface area (TPSA) is 91.2 Å². The van der Waals surface area contributed by atoms with Crippen LogP contribution in [0.2, 0.25) is 10.0 Å². The SMILES string of the molecule is O=C1N=c2ccc(Cl)cc2=C1/C=c1\ccc2ccc3cc/c(=C\c4c(O)[nH]c5ccc(Cl)cc45)nc3c2n1. The van der Waals surface area contributed by atoms with E-state index < -0.39 is 0 Å². The molecule has 3 aromatic carbocycles. The number of aromatic nitrogens is 3. The normalized spacial score (nSPS) is 14.2. The highest BCUT2D eigenvalue weighted by Gasteiger charge is 2.15. The van der Waals surface area contributed by atoms with Crippen molar-refractivity contribution in [3.63, 3.8) is 0 Å². The van der Waals surface area contributed by atoms with E-state index in [0.29, 0.717) is 53.5 Å². The molecule has 182 valence electrons. The van der Waals surface area contributed by atoms with Gasteiger partial charge in [-0.15, -0.1) is 0 Å². The van der Waals surface area contributed by atoms with Crippen LogP contribution in [-0.4, -0.2) is 26.0 Å². The van der Waals surface area contributed by atoms with Crippen LogP contribution in [0.25, 0.3) is 50.4 Å². The number of aromatic amines is 1. The number of rotatable bonds is 2. The molecular weight excluding hydrogens is 519 g/mol.